The number of anilines is 1. The van der Waals surface area contributed by atoms with Gasteiger partial charge in [-0.2, -0.15) is 5.10 Å². The maximum absolute atomic E-state index is 6.12. The number of nitrogens with one attached hydrogen (secondary N) is 2. The Balaban J connectivity index is 1.32. The van der Waals surface area contributed by atoms with Crippen molar-refractivity contribution in [2.75, 3.05) is 18.4 Å². The number of likely N-dealkylation sites (tertiary alicyclic amines) is 1. The third-order valence-electron chi connectivity index (χ3n) is 5.82. The second-order valence-corrected chi connectivity index (χ2v) is 9.21. The van der Waals surface area contributed by atoms with Gasteiger partial charge >= 0.3 is 0 Å². The molecule has 3 heterocycles. The lowest BCUT2D eigenvalue weighted by atomic mass is 10.1. The van der Waals surface area contributed by atoms with Crippen molar-refractivity contribution in [2.24, 2.45) is 0 Å². The molecule has 0 saturated carbocycles. The van der Waals surface area contributed by atoms with Gasteiger partial charge in [-0.05, 0) is 63.6 Å². The Bertz CT molecular complexity index is 1220. The highest BCUT2D eigenvalue weighted by Crippen LogP contribution is 2.33. The monoisotopic (exact) mass is 444 g/mol. The van der Waals surface area contributed by atoms with Crippen molar-refractivity contribution >= 4 is 16.9 Å². The molecule has 1 aliphatic heterocycles. The molecule has 0 radical (unpaired) electrons. The number of H-pyrrole nitrogens is 1. The maximum Gasteiger partial charge on any atom is 0.235 e. The van der Waals surface area contributed by atoms with E-state index in [1.54, 1.807) is 0 Å². The van der Waals surface area contributed by atoms with Crippen LogP contribution in [-0.4, -0.2) is 49.7 Å². The van der Waals surface area contributed by atoms with Crippen LogP contribution in [0.5, 0.6) is 23.1 Å². The number of aromatic nitrogens is 4. The summed E-state index contributed by atoms with van der Waals surface area (Å²) >= 11 is 0. The number of hydrogen-bond donors (Lipinski definition) is 2. The van der Waals surface area contributed by atoms with Crippen LogP contribution < -0.4 is 14.8 Å². The molecular weight excluding hydrogens is 416 g/mol. The molecule has 1 fully saturated rings. The predicted molar refractivity (Wildman–Crippen MR) is 128 cm³/mol. The second kappa shape index (κ2) is 8.71. The number of hydrogen-bond acceptors (Lipinski definition) is 7. The largest absolute Gasteiger partial charge is 0.457 e. The summed E-state index contributed by atoms with van der Waals surface area (Å²) < 4.78 is 12.0. The summed E-state index contributed by atoms with van der Waals surface area (Å²) in [5.41, 5.74) is 0.787. The SMILES string of the molecule is CC(C)(C)N1CCC(Nc2n[nH]c3ncnc(Oc4ccc(Oc5ccccc5)cc4)c23)C1. The zero-order chi connectivity index (χ0) is 22.8. The summed E-state index contributed by atoms with van der Waals surface area (Å²) in [6, 6.07) is 17.4. The van der Waals surface area contributed by atoms with Gasteiger partial charge in [0.1, 0.15) is 29.0 Å². The van der Waals surface area contributed by atoms with Gasteiger partial charge in [0.2, 0.25) is 5.88 Å². The standard InChI is InChI=1S/C25H28N6O2/c1-25(2,3)31-14-13-17(15-31)28-23-21-22(29-30-23)26-16-27-24(21)33-20-11-9-19(10-12-20)32-18-7-5-4-6-8-18/h4-12,16-17H,13-15H2,1-3H3,(H2,26,27,28,29,30). The summed E-state index contributed by atoms with van der Waals surface area (Å²) in [5, 5.41) is 11.8. The molecule has 5 rings (SSSR count). The van der Waals surface area contributed by atoms with Gasteiger partial charge in [-0.15, -0.1) is 0 Å². The molecule has 0 bridgehead atoms. The average Bonchev–Trinajstić information content (AvgIpc) is 3.44. The summed E-state index contributed by atoms with van der Waals surface area (Å²) in [6.45, 7) is 8.76. The highest BCUT2D eigenvalue weighted by Gasteiger charge is 2.31. The summed E-state index contributed by atoms with van der Waals surface area (Å²) in [6.07, 6.45) is 2.53. The maximum atomic E-state index is 6.12. The van der Waals surface area contributed by atoms with E-state index in [9.17, 15) is 0 Å². The lowest BCUT2D eigenvalue weighted by Crippen LogP contribution is -2.40. The number of para-hydroxylation sites is 1. The van der Waals surface area contributed by atoms with E-state index in [1.165, 1.54) is 6.33 Å². The quantitative estimate of drug-likeness (QED) is 0.421. The lowest BCUT2D eigenvalue weighted by Gasteiger charge is -2.31. The topological polar surface area (TPSA) is 88.2 Å². The molecule has 4 aromatic rings. The van der Waals surface area contributed by atoms with Gasteiger partial charge in [0.25, 0.3) is 0 Å². The molecule has 2 aromatic carbocycles. The van der Waals surface area contributed by atoms with Crippen molar-refractivity contribution in [2.45, 2.75) is 38.8 Å². The van der Waals surface area contributed by atoms with Crippen LogP contribution in [0.15, 0.2) is 60.9 Å². The molecule has 0 amide bonds. The van der Waals surface area contributed by atoms with Crippen molar-refractivity contribution in [3.63, 3.8) is 0 Å². The number of fused-ring (bicyclic) bond motifs is 1. The van der Waals surface area contributed by atoms with Crippen molar-refractivity contribution in [1.29, 1.82) is 0 Å². The van der Waals surface area contributed by atoms with Gasteiger partial charge in [0, 0.05) is 24.7 Å². The number of nitrogens with zero attached hydrogens (tertiary/aromatic N) is 4. The molecule has 0 aliphatic carbocycles. The first kappa shape index (κ1) is 21.2. The Labute approximate surface area is 193 Å². The molecule has 8 heteroatoms. The van der Waals surface area contributed by atoms with Crippen LogP contribution in [0.25, 0.3) is 11.0 Å². The van der Waals surface area contributed by atoms with E-state index in [4.69, 9.17) is 9.47 Å². The smallest absolute Gasteiger partial charge is 0.235 e. The fourth-order valence-corrected chi connectivity index (χ4v) is 4.01. The lowest BCUT2D eigenvalue weighted by molar-refractivity contribution is 0.174. The Kier molecular flexibility index (Phi) is 5.60. The van der Waals surface area contributed by atoms with Crippen LogP contribution in [0.1, 0.15) is 27.2 Å². The third-order valence-corrected chi connectivity index (χ3v) is 5.82. The number of aromatic amines is 1. The average molecular weight is 445 g/mol. The van der Waals surface area contributed by atoms with E-state index in [0.717, 1.165) is 36.4 Å². The minimum Gasteiger partial charge on any atom is -0.457 e. The van der Waals surface area contributed by atoms with Gasteiger partial charge < -0.3 is 14.8 Å². The molecule has 1 aliphatic rings. The normalized spacial score (nSPS) is 16.8. The first-order valence-corrected chi connectivity index (χ1v) is 11.2. The van der Waals surface area contributed by atoms with Gasteiger partial charge in [-0.25, -0.2) is 9.97 Å². The molecule has 1 atom stereocenters. The molecular formula is C25H28N6O2. The zero-order valence-corrected chi connectivity index (χ0v) is 19.1. The third kappa shape index (κ3) is 4.75. The minimum absolute atomic E-state index is 0.151. The molecule has 0 spiro atoms. The molecule has 8 nitrogen and oxygen atoms in total. The Morgan fingerprint density at radius 3 is 2.33 bits per heavy atom. The summed E-state index contributed by atoms with van der Waals surface area (Å²) in [7, 11) is 0. The van der Waals surface area contributed by atoms with Gasteiger partial charge in [0.05, 0.1) is 0 Å². The van der Waals surface area contributed by atoms with Crippen LogP contribution >= 0.6 is 0 Å². The Hall–Kier alpha value is -3.65. The van der Waals surface area contributed by atoms with Gasteiger partial charge in [0.15, 0.2) is 11.5 Å². The van der Waals surface area contributed by atoms with E-state index in [-0.39, 0.29) is 5.54 Å². The van der Waals surface area contributed by atoms with E-state index in [0.29, 0.717) is 29.1 Å². The van der Waals surface area contributed by atoms with Crippen molar-refractivity contribution in [3.8, 4) is 23.1 Å². The van der Waals surface area contributed by atoms with E-state index in [1.807, 2.05) is 54.6 Å². The van der Waals surface area contributed by atoms with E-state index in [2.05, 4.69) is 51.2 Å². The molecule has 1 unspecified atom stereocenters. The van der Waals surface area contributed by atoms with Crippen molar-refractivity contribution < 1.29 is 9.47 Å². The highest BCUT2D eigenvalue weighted by atomic mass is 16.5. The number of ether oxygens (including phenoxy) is 2. The predicted octanol–water partition coefficient (Wildman–Crippen LogP) is 5.22. The number of benzene rings is 2. The molecule has 2 N–H and O–H groups in total. The van der Waals surface area contributed by atoms with Crippen molar-refractivity contribution in [1.82, 2.24) is 25.1 Å². The van der Waals surface area contributed by atoms with Crippen LogP contribution in [0.3, 0.4) is 0 Å². The molecule has 33 heavy (non-hydrogen) atoms. The van der Waals surface area contributed by atoms with Crippen LogP contribution in [0.2, 0.25) is 0 Å². The van der Waals surface area contributed by atoms with Crippen LogP contribution in [0, 0.1) is 0 Å². The van der Waals surface area contributed by atoms with Gasteiger partial charge in [-0.1, -0.05) is 18.2 Å². The second-order valence-electron chi connectivity index (χ2n) is 9.21. The fourth-order valence-electron chi connectivity index (χ4n) is 4.01. The van der Waals surface area contributed by atoms with E-state index < -0.39 is 0 Å². The van der Waals surface area contributed by atoms with Crippen molar-refractivity contribution in [3.05, 3.63) is 60.9 Å². The van der Waals surface area contributed by atoms with Crippen LogP contribution in [0.4, 0.5) is 5.82 Å². The highest BCUT2D eigenvalue weighted by molar-refractivity contribution is 5.91. The Morgan fingerprint density at radius 2 is 1.64 bits per heavy atom. The Morgan fingerprint density at radius 1 is 0.939 bits per heavy atom. The first-order valence-electron chi connectivity index (χ1n) is 11.2. The summed E-state index contributed by atoms with van der Waals surface area (Å²) in [4.78, 5) is 11.2. The van der Waals surface area contributed by atoms with Gasteiger partial charge in [-0.3, -0.25) is 10.00 Å². The molecule has 170 valence electrons. The zero-order valence-electron chi connectivity index (χ0n) is 19.1. The first-order chi connectivity index (χ1) is 16.0. The fraction of sp³-hybridized carbons (Fsp3) is 0.320. The molecule has 1 saturated heterocycles. The molecule has 2 aromatic heterocycles. The van der Waals surface area contributed by atoms with Crippen LogP contribution in [-0.2, 0) is 0 Å². The summed E-state index contributed by atoms with van der Waals surface area (Å²) in [5.74, 6) is 3.35. The van der Waals surface area contributed by atoms with E-state index >= 15 is 0 Å². The minimum atomic E-state index is 0.151. The number of rotatable bonds is 6.